The lowest BCUT2D eigenvalue weighted by Gasteiger charge is -2.32. The van der Waals surface area contributed by atoms with E-state index < -0.39 is 5.97 Å². The minimum Gasteiger partial charge on any atom is -0.477 e. The Hall–Kier alpha value is -1.52. The van der Waals surface area contributed by atoms with Crippen LogP contribution in [0.2, 0.25) is 0 Å². The first-order valence-electron chi connectivity index (χ1n) is 6.02. The van der Waals surface area contributed by atoms with Gasteiger partial charge in [0.1, 0.15) is 11.4 Å². The van der Waals surface area contributed by atoms with Gasteiger partial charge in [0.2, 0.25) is 0 Å². The Morgan fingerprint density at radius 3 is 2.82 bits per heavy atom. The number of carboxylic acids is 1. The Kier molecular flexibility index (Phi) is 3.09. The minimum absolute atomic E-state index is 0.349. The van der Waals surface area contributed by atoms with Crippen molar-refractivity contribution in [2.24, 2.45) is 13.0 Å². The van der Waals surface area contributed by atoms with Gasteiger partial charge in [0, 0.05) is 20.1 Å². The van der Waals surface area contributed by atoms with Gasteiger partial charge in [-0.3, -0.25) is 4.68 Å². The molecule has 2 heterocycles. The third kappa shape index (κ3) is 2.14. The zero-order valence-electron chi connectivity index (χ0n) is 10.6. The first kappa shape index (κ1) is 12.0. The zero-order chi connectivity index (χ0) is 12.6. The van der Waals surface area contributed by atoms with Gasteiger partial charge >= 0.3 is 5.97 Å². The van der Waals surface area contributed by atoms with Crippen molar-refractivity contribution < 1.29 is 9.90 Å². The van der Waals surface area contributed by atoms with Crippen LogP contribution in [0.15, 0.2) is 0 Å². The third-order valence-corrected chi connectivity index (χ3v) is 3.36. The van der Waals surface area contributed by atoms with Gasteiger partial charge in [-0.2, -0.15) is 5.10 Å². The summed E-state index contributed by atoms with van der Waals surface area (Å²) in [5.41, 5.74) is 0.940. The molecule has 1 saturated heterocycles. The van der Waals surface area contributed by atoms with Crippen molar-refractivity contribution in [1.82, 2.24) is 9.78 Å². The zero-order valence-corrected chi connectivity index (χ0v) is 10.6. The average molecular weight is 237 g/mol. The van der Waals surface area contributed by atoms with Gasteiger partial charge in [0.05, 0.1) is 5.69 Å². The maximum absolute atomic E-state index is 11.3. The van der Waals surface area contributed by atoms with E-state index in [4.69, 9.17) is 0 Å². The number of carboxylic acid groups (broad SMARTS) is 1. The molecule has 0 bridgehead atoms. The quantitative estimate of drug-likeness (QED) is 0.850. The van der Waals surface area contributed by atoms with Crippen LogP contribution >= 0.6 is 0 Å². The number of aromatic carboxylic acids is 1. The Bertz CT molecular complexity index is 439. The standard InChI is InChI=1S/C12H19N3O2/c1-8-5-4-6-15(7-8)11-10(12(16)17)9(2)13-14(11)3/h8H,4-7H2,1-3H3,(H,16,17). The molecule has 2 rings (SSSR count). The number of anilines is 1. The molecule has 1 aliphatic rings. The number of nitrogens with zero attached hydrogens (tertiary/aromatic N) is 3. The predicted octanol–water partition coefficient (Wildman–Crippen LogP) is 1.66. The van der Waals surface area contributed by atoms with Crippen molar-refractivity contribution in [3.8, 4) is 0 Å². The highest BCUT2D eigenvalue weighted by Gasteiger charge is 2.26. The first-order chi connectivity index (χ1) is 8.00. The number of hydrogen-bond donors (Lipinski definition) is 1. The minimum atomic E-state index is -0.885. The molecule has 1 fully saturated rings. The molecule has 5 heteroatoms. The number of rotatable bonds is 2. The summed E-state index contributed by atoms with van der Waals surface area (Å²) < 4.78 is 1.69. The van der Waals surface area contributed by atoms with E-state index in [1.54, 1.807) is 11.6 Å². The van der Waals surface area contributed by atoms with Crippen LogP contribution < -0.4 is 4.90 Å². The topological polar surface area (TPSA) is 58.4 Å². The Morgan fingerprint density at radius 1 is 1.53 bits per heavy atom. The Labute approximate surface area is 101 Å². The number of hydrogen-bond acceptors (Lipinski definition) is 3. The fourth-order valence-corrected chi connectivity index (χ4v) is 2.64. The summed E-state index contributed by atoms with van der Waals surface area (Å²) in [6, 6.07) is 0. The molecule has 94 valence electrons. The number of aryl methyl sites for hydroxylation is 2. The maximum atomic E-state index is 11.3. The fourth-order valence-electron chi connectivity index (χ4n) is 2.64. The van der Waals surface area contributed by atoms with Crippen LogP contribution in [0.4, 0.5) is 5.82 Å². The second kappa shape index (κ2) is 4.39. The summed E-state index contributed by atoms with van der Waals surface area (Å²) in [5.74, 6) is 0.478. The second-order valence-corrected chi connectivity index (χ2v) is 4.91. The first-order valence-corrected chi connectivity index (χ1v) is 6.02. The van der Waals surface area contributed by atoms with E-state index in [0.717, 1.165) is 25.3 Å². The SMILES string of the molecule is Cc1nn(C)c(N2CCCC(C)C2)c1C(=O)O. The van der Waals surface area contributed by atoms with E-state index in [-0.39, 0.29) is 0 Å². The third-order valence-electron chi connectivity index (χ3n) is 3.36. The smallest absolute Gasteiger partial charge is 0.341 e. The predicted molar refractivity (Wildman–Crippen MR) is 65.5 cm³/mol. The molecule has 0 aliphatic carbocycles. The molecule has 1 aromatic rings. The molecule has 0 spiro atoms. The van der Waals surface area contributed by atoms with Crippen LogP contribution in [0.5, 0.6) is 0 Å². The van der Waals surface area contributed by atoms with Crippen LogP contribution in [0.3, 0.4) is 0 Å². The Morgan fingerprint density at radius 2 is 2.24 bits per heavy atom. The molecule has 0 radical (unpaired) electrons. The van der Waals surface area contributed by atoms with Crippen LogP contribution in [0.25, 0.3) is 0 Å². The van der Waals surface area contributed by atoms with Crippen LogP contribution in [-0.2, 0) is 7.05 Å². The van der Waals surface area contributed by atoms with E-state index in [2.05, 4.69) is 16.9 Å². The van der Waals surface area contributed by atoms with Gasteiger partial charge in [0.15, 0.2) is 0 Å². The van der Waals surface area contributed by atoms with Crippen molar-refractivity contribution in [3.05, 3.63) is 11.3 Å². The maximum Gasteiger partial charge on any atom is 0.341 e. The normalized spacial score (nSPS) is 20.6. The van der Waals surface area contributed by atoms with Crippen molar-refractivity contribution in [2.45, 2.75) is 26.7 Å². The molecule has 1 aromatic heterocycles. The van der Waals surface area contributed by atoms with E-state index >= 15 is 0 Å². The molecule has 1 atom stereocenters. The highest BCUT2D eigenvalue weighted by Crippen LogP contribution is 2.27. The molecule has 1 N–H and O–H groups in total. The molecule has 1 unspecified atom stereocenters. The van der Waals surface area contributed by atoms with Gasteiger partial charge in [0.25, 0.3) is 0 Å². The highest BCUT2D eigenvalue weighted by molar-refractivity contribution is 5.94. The molecule has 5 nitrogen and oxygen atoms in total. The van der Waals surface area contributed by atoms with Crippen molar-refractivity contribution in [3.63, 3.8) is 0 Å². The summed E-state index contributed by atoms with van der Waals surface area (Å²) >= 11 is 0. The Balaban J connectivity index is 2.40. The van der Waals surface area contributed by atoms with Gasteiger partial charge in [-0.25, -0.2) is 4.79 Å². The molecular weight excluding hydrogens is 218 g/mol. The molecule has 0 aromatic carbocycles. The van der Waals surface area contributed by atoms with Gasteiger partial charge in [-0.15, -0.1) is 0 Å². The highest BCUT2D eigenvalue weighted by atomic mass is 16.4. The summed E-state index contributed by atoms with van der Waals surface area (Å²) in [7, 11) is 1.81. The van der Waals surface area contributed by atoms with E-state index in [1.165, 1.54) is 6.42 Å². The molecule has 0 amide bonds. The summed E-state index contributed by atoms with van der Waals surface area (Å²) in [6.07, 6.45) is 2.33. The van der Waals surface area contributed by atoms with Crippen LogP contribution in [0.1, 0.15) is 35.8 Å². The van der Waals surface area contributed by atoms with Crippen LogP contribution in [-0.4, -0.2) is 33.9 Å². The molecule has 1 aliphatic heterocycles. The summed E-state index contributed by atoms with van der Waals surface area (Å²) in [5, 5.41) is 13.5. The lowest BCUT2D eigenvalue weighted by atomic mass is 10.00. The second-order valence-electron chi connectivity index (χ2n) is 4.91. The number of piperidine rings is 1. The largest absolute Gasteiger partial charge is 0.477 e. The van der Waals surface area contributed by atoms with Gasteiger partial charge in [-0.1, -0.05) is 6.92 Å². The monoisotopic (exact) mass is 237 g/mol. The average Bonchev–Trinajstić information content (AvgIpc) is 2.53. The van der Waals surface area contributed by atoms with Crippen molar-refractivity contribution >= 4 is 11.8 Å². The fraction of sp³-hybridized carbons (Fsp3) is 0.667. The lowest BCUT2D eigenvalue weighted by Crippen LogP contribution is -2.36. The molecule has 0 saturated carbocycles. The van der Waals surface area contributed by atoms with Crippen molar-refractivity contribution in [1.29, 1.82) is 0 Å². The van der Waals surface area contributed by atoms with E-state index in [9.17, 15) is 9.90 Å². The van der Waals surface area contributed by atoms with Crippen molar-refractivity contribution in [2.75, 3.05) is 18.0 Å². The van der Waals surface area contributed by atoms with E-state index in [1.807, 2.05) is 7.05 Å². The number of aromatic nitrogens is 2. The van der Waals surface area contributed by atoms with E-state index in [0.29, 0.717) is 17.2 Å². The summed E-state index contributed by atoms with van der Waals surface area (Å²) in [6.45, 7) is 5.79. The number of carbonyl (C=O) groups is 1. The summed E-state index contributed by atoms with van der Waals surface area (Å²) in [4.78, 5) is 13.5. The lowest BCUT2D eigenvalue weighted by molar-refractivity contribution is 0.0696. The molecule has 17 heavy (non-hydrogen) atoms. The van der Waals surface area contributed by atoms with Gasteiger partial charge in [-0.05, 0) is 25.7 Å². The molecular formula is C12H19N3O2. The van der Waals surface area contributed by atoms with Crippen LogP contribution in [0, 0.1) is 12.8 Å². The van der Waals surface area contributed by atoms with Gasteiger partial charge < -0.3 is 10.0 Å².